The number of hydrogen-bond donors (Lipinski definition) is 1. The molecule has 0 unspecified atom stereocenters. The van der Waals surface area contributed by atoms with Crippen LogP contribution >= 0.6 is 0 Å². The van der Waals surface area contributed by atoms with E-state index in [-0.39, 0.29) is 19.2 Å². The second kappa shape index (κ2) is 8.80. The summed E-state index contributed by atoms with van der Waals surface area (Å²) < 4.78 is 23.5. The van der Waals surface area contributed by atoms with Crippen molar-refractivity contribution in [2.24, 2.45) is 0 Å². The van der Waals surface area contributed by atoms with Crippen LogP contribution in [0.2, 0.25) is 0 Å². The van der Waals surface area contributed by atoms with Gasteiger partial charge in [0.2, 0.25) is 0 Å². The number of pyridine rings is 1. The zero-order valence-corrected chi connectivity index (χ0v) is 14.3. The molecule has 0 radical (unpaired) electrons. The van der Waals surface area contributed by atoms with Gasteiger partial charge in [-0.1, -0.05) is 19.6 Å². The maximum Gasteiger partial charge on any atom is 0.257 e. The number of hydrogen-bond acceptors (Lipinski definition) is 4. The number of aromatic nitrogens is 1. The smallest absolute Gasteiger partial charge is 0.257 e. The van der Waals surface area contributed by atoms with Crippen molar-refractivity contribution in [3.63, 3.8) is 0 Å². The van der Waals surface area contributed by atoms with Crippen molar-refractivity contribution in [3.05, 3.63) is 72.3 Å². The highest BCUT2D eigenvalue weighted by Crippen LogP contribution is 2.29. The highest BCUT2D eigenvalue weighted by Gasteiger charge is 2.12. The summed E-state index contributed by atoms with van der Waals surface area (Å²) in [6.07, 6.45) is 3.09. The van der Waals surface area contributed by atoms with E-state index >= 15 is 0 Å². The molecule has 1 amide bonds. The number of benzene rings is 2. The van der Waals surface area contributed by atoms with Gasteiger partial charge in [0.05, 0.1) is 25.5 Å². The summed E-state index contributed by atoms with van der Waals surface area (Å²) in [6.45, 7) is 0. The lowest BCUT2D eigenvalue weighted by atomic mass is 10.1. The van der Waals surface area contributed by atoms with Gasteiger partial charge < -0.3 is 14.8 Å². The van der Waals surface area contributed by atoms with E-state index < -0.39 is 0 Å². The van der Waals surface area contributed by atoms with Gasteiger partial charge in [0, 0.05) is 24.0 Å². The minimum atomic E-state index is -0.329. The molecular weight excluding hydrogens is 347 g/mol. The van der Waals surface area contributed by atoms with Gasteiger partial charge in [0.15, 0.2) is 0 Å². The molecule has 0 spiro atoms. The monoisotopic (exact) mass is 368 g/mol. The Labute approximate surface area is 157 Å². The first-order valence-electron chi connectivity index (χ1n) is 7.85. The molecule has 27 heavy (non-hydrogen) atoms. The van der Waals surface area contributed by atoms with E-state index in [1.807, 2.05) is 0 Å². The first-order chi connectivity index (χ1) is 12.6. The largest absolute Gasteiger partial charge is 0.497 e. The molecule has 5 nitrogen and oxygen atoms in total. The highest BCUT2D eigenvalue weighted by atomic mass is 19.1. The van der Waals surface area contributed by atoms with Crippen LogP contribution in [0.3, 0.4) is 0 Å². The molecule has 0 aliphatic heterocycles. The Balaban J connectivity index is 0.00000261. The third kappa shape index (κ3) is 4.61. The number of amides is 1. The summed E-state index contributed by atoms with van der Waals surface area (Å²) in [5.74, 6) is 0.465. The molecule has 0 saturated heterocycles. The van der Waals surface area contributed by atoms with E-state index in [4.69, 9.17) is 9.47 Å². The van der Waals surface area contributed by atoms with Crippen molar-refractivity contribution in [2.75, 3.05) is 19.5 Å². The van der Waals surface area contributed by atoms with Gasteiger partial charge in [0.25, 0.3) is 5.91 Å². The zero-order valence-electron chi connectivity index (χ0n) is 14.3. The molecule has 140 valence electrons. The van der Waals surface area contributed by atoms with E-state index in [9.17, 15) is 9.18 Å². The highest BCUT2D eigenvalue weighted by molar-refractivity contribution is 6.05. The quantitative estimate of drug-likeness (QED) is 0.703. The number of nitrogens with zero attached hydrogens (tertiary/aromatic N) is 1. The maximum atomic E-state index is 13.1. The van der Waals surface area contributed by atoms with Crippen molar-refractivity contribution in [1.29, 1.82) is 0 Å². The number of halogens is 1. The molecule has 0 aliphatic carbocycles. The molecular formula is C21H21FN2O3. The van der Waals surface area contributed by atoms with Gasteiger partial charge in [0.1, 0.15) is 17.3 Å². The van der Waals surface area contributed by atoms with Crippen LogP contribution in [0, 0.1) is 5.82 Å². The molecule has 0 bridgehead atoms. The van der Waals surface area contributed by atoms with E-state index in [0.717, 1.165) is 11.1 Å². The molecule has 3 rings (SSSR count). The third-order valence-electron chi connectivity index (χ3n) is 3.83. The van der Waals surface area contributed by atoms with Crippen LogP contribution in [0.4, 0.5) is 10.1 Å². The second-order valence-corrected chi connectivity index (χ2v) is 5.49. The van der Waals surface area contributed by atoms with Crippen LogP contribution in [-0.2, 0) is 0 Å². The van der Waals surface area contributed by atoms with Gasteiger partial charge in [-0.15, -0.1) is 0 Å². The second-order valence-electron chi connectivity index (χ2n) is 5.49. The average Bonchev–Trinajstić information content (AvgIpc) is 2.69. The van der Waals surface area contributed by atoms with Crippen LogP contribution in [-0.4, -0.2) is 25.1 Å². The van der Waals surface area contributed by atoms with Crippen molar-refractivity contribution in [1.82, 2.24) is 4.98 Å². The van der Waals surface area contributed by atoms with Crippen molar-refractivity contribution < 1.29 is 18.7 Å². The fourth-order valence-corrected chi connectivity index (χ4v) is 2.46. The number of rotatable bonds is 5. The molecule has 1 N–H and O–H groups in total. The third-order valence-corrected chi connectivity index (χ3v) is 3.83. The summed E-state index contributed by atoms with van der Waals surface area (Å²) in [6, 6.07) is 12.8. The fraction of sp³-hybridized carbons (Fsp3) is 0.143. The van der Waals surface area contributed by atoms with Gasteiger partial charge in [-0.2, -0.15) is 0 Å². The van der Waals surface area contributed by atoms with Crippen molar-refractivity contribution in [3.8, 4) is 22.6 Å². The Morgan fingerprint density at radius 1 is 0.963 bits per heavy atom. The topological polar surface area (TPSA) is 60.5 Å². The van der Waals surface area contributed by atoms with E-state index in [0.29, 0.717) is 22.7 Å². The number of nitrogens with one attached hydrogen (secondary N) is 1. The summed E-state index contributed by atoms with van der Waals surface area (Å²) in [5, 5.41) is 2.80. The minimum absolute atomic E-state index is 0. The fourth-order valence-electron chi connectivity index (χ4n) is 2.46. The lowest BCUT2D eigenvalue weighted by Gasteiger charge is -2.12. The Hall–Kier alpha value is -3.41. The molecule has 1 aromatic heterocycles. The van der Waals surface area contributed by atoms with Gasteiger partial charge in [-0.25, -0.2) is 4.39 Å². The Kier molecular flexibility index (Phi) is 6.49. The summed E-state index contributed by atoms with van der Waals surface area (Å²) in [5.41, 5.74) is 2.39. The van der Waals surface area contributed by atoms with Crippen molar-refractivity contribution in [2.45, 2.75) is 7.43 Å². The SMILES string of the molecule is C.COc1ccc(NC(=O)c2cncc(-c3ccc(F)cc3)c2)c(OC)c1. The number of methoxy groups -OCH3 is 2. The summed E-state index contributed by atoms with van der Waals surface area (Å²) in [7, 11) is 3.07. The zero-order chi connectivity index (χ0) is 18.5. The van der Waals surface area contributed by atoms with Gasteiger partial charge in [-0.05, 0) is 35.9 Å². The van der Waals surface area contributed by atoms with Crippen LogP contribution < -0.4 is 14.8 Å². The minimum Gasteiger partial charge on any atom is -0.497 e. The first kappa shape index (κ1) is 19.9. The number of ether oxygens (including phenoxy) is 2. The average molecular weight is 368 g/mol. The van der Waals surface area contributed by atoms with Gasteiger partial charge in [-0.3, -0.25) is 9.78 Å². The molecule has 3 aromatic rings. The van der Waals surface area contributed by atoms with E-state index in [2.05, 4.69) is 10.3 Å². The van der Waals surface area contributed by atoms with Gasteiger partial charge >= 0.3 is 0 Å². The Morgan fingerprint density at radius 3 is 2.37 bits per heavy atom. The molecule has 0 saturated carbocycles. The van der Waals surface area contributed by atoms with E-state index in [1.54, 1.807) is 49.7 Å². The lowest BCUT2D eigenvalue weighted by Crippen LogP contribution is -2.13. The normalized spacial score (nSPS) is 9.89. The van der Waals surface area contributed by atoms with Crippen LogP contribution in [0.15, 0.2) is 60.9 Å². The first-order valence-corrected chi connectivity index (χ1v) is 7.85. The van der Waals surface area contributed by atoms with Crippen molar-refractivity contribution >= 4 is 11.6 Å². The summed E-state index contributed by atoms with van der Waals surface area (Å²) >= 11 is 0. The number of carbonyl (C=O) groups is 1. The lowest BCUT2D eigenvalue weighted by molar-refractivity contribution is 0.102. The maximum absolute atomic E-state index is 13.1. The standard InChI is InChI=1S/C20H17FN2O3.CH4/c1-25-17-7-8-18(19(10-17)26-2)23-20(24)15-9-14(11-22-12-15)13-3-5-16(21)6-4-13;/h3-12H,1-2H3,(H,23,24);1H4. The predicted octanol–water partition coefficient (Wildman–Crippen LogP) is 4.79. The number of anilines is 1. The molecule has 2 aromatic carbocycles. The predicted molar refractivity (Wildman–Crippen MR) is 104 cm³/mol. The number of carbonyl (C=O) groups excluding carboxylic acids is 1. The van der Waals surface area contributed by atoms with Crippen LogP contribution in [0.25, 0.3) is 11.1 Å². The van der Waals surface area contributed by atoms with E-state index in [1.165, 1.54) is 25.4 Å². The molecule has 0 atom stereocenters. The molecule has 0 aliphatic rings. The Bertz CT molecular complexity index is 927. The van der Waals surface area contributed by atoms with Crippen LogP contribution in [0.5, 0.6) is 11.5 Å². The summed E-state index contributed by atoms with van der Waals surface area (Å²) in [4.78, 5) is 16.7. The molecule has 1 heterocycles. The molecule has 6 heteroatoms. The van der Waals surface area contributed by atoms with Crippen LogP contribution in [0.1, 0.15) is 17.8 Å². The Morgan fingerprint density at radius 2 is 1.70 bits per heavy atom. The molecule has 0 fully saturated rings.